The predicted octanol–water partition coefficient (Wildman–Crippen LogP) is 2.66. The molecule has 0 saturated heterocycles. The Kier molecular flexibility index (Phi) is 3.86. The average Bonchev–Trinajstić information content (AvgIpc) is 3.20. The van der Waals surface area contributed by atoms with Gasteiger partial charge >= 0.3 is 0 Å². The zero-order valence-electron chi connectivity index (χ0n) is 10.6. The van der Waals surface area contributed by atoms with Crippen LogP contribution in [0.1, 0.15) is 19.8 Å². The zero-order chi connectivity index (χ0) is 14.9. The fraction of sp³-hybridized carbons (Fsp3) is 0.462. The van der Waals surface area contributed by atoms with Crippen molar-refractivity contribution in [1.82, 2.24) is 5.32 Å². The Labute approximate surface area is 113 Å². The Morgan fingerprint density at radius 1 is 1.30 bits per heavy atom. The van der Waals surface area contributed by atoms with E-state index in [1.807, 2.05) is 6.07 Å². The minimum atomic E-state index is -1.62. The Bertz CT molecular complexity index is 542. The van der Waals surface area contributed by atoms with Crippen LogP contribution in [-0.4, -0.2) is 18.2 Å². The van der Waals surface area contributed by atoms with Gasteiger partial charge < -0.3 is 4.74 Å². The van der Waals surface area contributed by atoms with Gasteiger partial charge in [0.05, 0.1) is 6.07 Å². The van der Waals surface area contributed by atoms with Crippen molar-refractivity contribution in [1.29, 1.82) is 5.26 Å². The van der Waals surface area contributed by atoms with Gasteiger partial charge in [0.1, 0.15) is 12.1 Å². The summed E-state index contributed by atoms with van der Waals surface area (Å²) in [5.74, 6) is -7.48. The van der Waals surface area contributed by atoms with E-state index in [1.165, 1.54) is 6.92 Å². The summed E-state index contributed by atoms with van der Waals surface area (Å²) in [4.78, 5) is 0. The van der Waals surface area contributed by atoms with Gasteiger partial charge in [-0.2, -0.15) is 14.0 Å². The highest BCUT2D eigenvalue weighted by molar-refractivity contribution is 5.29. The molecule has 0 aromatic heterocycles. The van der Waals surface area contributed by atoms with Crippen LogP contribution in [0.5, 0.6) is 5.75 Å². The van der Waals surface area contributed by atoms with Crippen molar-refractivity contribution in [3.05, 3.63) is 29.3 Å². The van der Waals surface area contributed by atoms with E-state index in [4.69, 9.17) is 10.00 Å². The molecular formula is C13H12F4N2O. The smallest absolute Gasteiger partial charge is 0.203 e. The number of nitrogens with one attached hydrogen (secondary N) is 1. The maximum absolute atomic E-state index is 13.4. The van der Waals surface area contributed by atoms with Crippen molar-refractivity contribution in [2.45, 2.75) is 31.3 Å². The lowest BCUT2D eigenvalue weighted by Crippen LogP contribution is -2.47. The first-order chi connectivity index (χ1) is 9.36. The van der Waals surface area contributed by atoms with Gasteiger partial charge in [-0.05, 0) is 19.8 Å². The summed E-state index contributed by atoms with van der Waals surface area (Å²) in [6, 6.07) is 2.18. The van der Waals surface area contributed by atoms with Crippen LogP contribution in [0.15, 0.2) is 6.07 Å². The highest BCUT2D eigenvalue weighted by Crippen LogP contribution is 2.28. The molecule has 0 spiro atoms. The lowest BCUT2D eigenvalue weighted by atomic mass is 10.1. The van der Waals surface area contributed by atoms with E-state index in [9.17, 15) is 17.6 Å². The molecule has 2 rings (SSSR count). The summed E-state index contributed by atoms with van der Waals surface area (Å²) in [5, 5.41) is 12.0. The van der Waals surface area contributed by atoms with E-state index in [0.717, 1.165) is 12.8 Å². The molecule has 3 nitrogen and oxygen atoms in total. The molecule has 0 amide bonds. The molecule has 20 heavy (non-hydrogen) atoms. The molecule has 1 unspecified atom stereocenters. The maximum Gasteiger partial charge on any atom is 0.203 e. The molecule has 1 N–H and O–H groups in total. The molecule has 1 saturated carbocycles. The van der Waals surface area contributed by atoms with Crippen LogP contribution in [0.3, 0.4) is 0 Å². The van der Waals surface area contributed by atoms with E-state index in [0.29, 0.717) is 0 Å². The number of rotatable bonds is 5. The van der Waals surface area contributed by atoms with Crippen LogP contribution < -0.4 is 10.1 Å². The van der Waals surface area contributed by atoms with Crippen molar-refractivity contribution in [3.8, 4) is 11.8 Å². The van der Waals surface area contributed by atoms with Crippen molar-refractivity contribution >= 4 is 0 Å². The topological polar surface area (TPSA) is 45.0 Å². The summed E-state index contributed by atoms with van der Waals surface area (Å²) in [7, 11) is 0. The van der Waals surface area contributed by atoms with E-state index in [-0.39, 0.29) is 12.1 Å². The fourth-order valence-electron chi connectivity index (χ4n) is 1.68. The second kappa shape index (κ2) is 5.29. The first-order valence-corrected chi connectivity index (χ1v) is 6.01. The average molecular weight is 288 g/mol. The first kappa shape index (κ1) is 14.6. The monoisotopic (exact) mass is 288 g/mol. The van der Waals surface area contributed by atoms with Gasteiger partial charge in [0.2, 0.25) is 11.6 Å². The number of halogens is 4. The van der Waals surface area contributed by atoms with Gasteiger partial charge in [-0.25, -0.2) is 8.78 Å². The van der Waals surface area contributed by atoms with Crippen molar-refractivity contribution < 1.29 is 22.3 Å². The third-order valence-corrected chi connectivity index (χ3v) is 2.92. The minimum absolute atomic E-state index is 0.101. The molecular weight excluding hydrogens is 276 g/mol. The second-order valence-corrected chi connectivity index (χ2v) is 4.95. The Hall–Kier alpha value is -1.81. The largest absolute Gasteiger partial charge is 0.484 e. The summed E-state index contributed by atoms with van der Waals surface area (Å²) in [6.45, 7) is 1.05. The summed E-state index contributed by atoms with van der Waals surface area (Å²) >= 11 is 0. The molecule has 1 aliphatic carbocycles. The molecule has 0 aliphatic heterocycles. The molecule has 0 radical (unpaired) electrons. The highest BCUT2D eigenvalue weighted by Gasteiger charge is 2.34. The molecule has 1 atom stereocenters. The SMILES string of the molecule is CC(C#N)(COc1c(F)c(F)cc(F)c1F)NC1CC1. The number of nitriles is 1. The fourth-order valence-corrected chi connectivity index (χ4v) is 1.68. The summed E-state index contributed by atoms with van der Waals surface area (Å²) in [6.07, 6.45) is 1.79. The third-order valence-electron chi connectivity index (χ3n) is 2.92. The van der Waals surface area contributed by atoms with Crippen LogP contribution in [0.2, 0.25) is 0 Å². The molecule has 1 aromatic rings. The number of hydrogen-bond donors (Lipinski definition) is 1. The molecule has 1 aromatic carbocycles. The normalized spacial score (nSPS) is 17.4. The van der Waals surface area contributed by atoms with Gasteiger partial charge in [0, 0.05) is 12.1 Å². The minimum Gasteiger partial charge on any atom is -0.484 e. The highest BCUT2D eigenvalue weighted by atomic mass is 19.2. The van der Waals surface area contributed by atoms with E-state index >= 15 is 0 Å². The zero-order valence-corrected chi connectivity index (χ0v) is 10.6. The predicted molar refractivity (Wildman–Crippen MR) is 61.9 cm³/mol. The van der Waals surface area contributed by atoms with Crippen LogP contribution in [0, 0.1) is 34.6 Å². The summed E-state index contributed by atoms with van der Waals surface area (Å²) in [5.41, 5.74) is -1.19. The Morgan fingerprint density at radius 3 is 2.30 bits per heavy atom. The molecule has 1 aliphatic rings. The van der Waals surface area contributed by atoms with Crippen molar-refractivity contribution in [2.24, 2.45) is 0 Å². The maximum atomic E-state index is 13.4. The van der Waals surface area contributed by atoms with Gasteiger partial charge in [-0.3, -0.25) is 5.32 Å². The molecule has 108 valence electrons. The lowest BCUT2D eigenvalue weighted by molar-refractivity contribution is 0.209. The van der Waals surface area contributed by atoms with Gasteiger partial charge in [0.15, 0.2) is 17.4 Å². The molecule has 0 heterocycles. The number of nitrogens with zero attached hydrogens (tertiary/aromatic N) is 1. The van der Waals surface area contributed by atoms with Gasteiger partial charge in [0.25, 0.3) is 0 Å². The van der Waals surface area contributed by atoms with Gasteiger partial charge in [-0.1, -0.05) is 0 Å². The third kappa shape index (κ3) is 3.02. The van der Waals surface area contributed by atoms with Gasteiger partial charge in [-0.15, -0.1) is 0 Å². The van der Waals surface area contributed by atoms with Crippen LogP contribution in [-0.2, 0) is 0 Å². The Morgan fingerprint density at radius 2 is 1.85 bits per heavy atom. The van der Waals surface area contributed by atoms with Crippen molar-refractivity contribution in [2.75, 3.05) is 6.61 Å². The van der Waals surface area contributed by atoms with Crippen LogP contribution in [0.4, 0.5) is 17.6 Å². The Balaban J connectivity index is 2.16. The molecule has 0 bridgehead atoms. The standard InChI is InChI=1S/C13H12F4N2O/c1-13(5-18,19-7-2-3-7)6-20-12-10(16)8(14)4-9(15)11(12)17/h4,7,19H,2-3,6H2,1H3. The van der Waals surface area contributed by atoms with Crippen LogP contribution in [0.25, 0.3) is 0 Å². The molecule has 1 fully saturated rings. The van der Waals surface area contributed by atoms with Crippen LogP contribution >= 0.6 is 0 Å². The molecule has 7 heteroatoms. The first-order valence-electron chi connectivity index (χ1n) is 6.01. The van der Waals surface area contributed by atoms with Crippen molar-refractivity contribution in [3.63, 3.8) is 0 Å². The lowest BCUT2D eigenvalue weighted by Gasteiger charge is -2.23. The number of ether oxygens (including phenoxy) is 1. The summed E-state index contributed by atoms with van der Waals surface area (Å²) < 4.78 is 57.6. The second-order valence-electron chi connectivity index (χ2n) is 4.95. The van der Waals surface area contributed by atoms with E-state index < -0.39 is 41.2 Å². The number of benzene rings is 1. The quantitative estimate of drug-likeness (QED) is 0.669. The number of hydrogen-bond acceptors (Lipinski definition) is 3. The van der Waals surface area contributed by atoms with E-state index in [2.05, 4.69) is 5.32 Å². The van der Waals surface area contributed by atoms with E-state index in [1.54, 1.807) is 0 Å².